The first-order chi connectivity index (χ1) is 26.9. The standard InChI is InChI=1S/C40H47NO15/c1-4-20-8-21(11-23(42)10-20)9-22-12-29-25(37-27(16-49-29)24-13-30-38(52-18-51-30)26(7-19(2)3)36(24)54-37)14-28(22)55-56-39-35(47)34(46)31(53-40(39)48-6-5-41)17-50-33(45)15-32(43)44/h8,10-14,19,27,31,34-35,37,39-40,42,46-47H,4-7,9,15-18,41H2,1-3H3,(H,43,44). The largest absolute Gasteiger partial charge is 0.508 e. The number of aromatic hydroxyl groups is 1. The molecule has 0 aromatic heterocycles. The molecule has 4 heterocycles. The minimum absolute atomic E-state index is 0.0309. The van der Waals surface area contributed by atoms with E-state index in [2.05, 4.69) is 13.8 Å². The van der Waals surface area contributed by atoms with Crippen molar-refractivity contribution in [1.82, 2.24) is 0 Å². The van der Waals surface area contributed by atoms with E-state index in [0.29, 0.717) is 53.7 Å². The van der Waals surface area contributed by atoms with Gasteiger partial charge in [0, 0.05) is 35.2 Å². The average molecular weight is 782 g/mol. The van der Waals surface area contributed by atoms with E-state index >= 15 is 0 Å². The van der Waals surface area contributed by atoms with E-state index in [4.69, 9.17) is 53.8 Å². The van der Waals surface area contributed by atoms with E-state index in [1.54, 1.807) is 18.2 Å². The second-order valence-corrected chi connectivity index (χ2v) is 14.7. The smallest absolute Gasteiger partial charge is 0.317 e. The maximum atomic E-state index is 11.9. The molecular weight excluding hydrogens is 734 g/mol. The van der Waals surface area contributed by atoms with Crippen molar-refractivity contribution in [2.24, 2.45) is 11.7 Å². The number of aliphatic hydroxyl groups excluding tert-OH is 2. The van der Waals surface area contributed by atoms with E-state index in [1.807, 2.05) is 25.1 Å². The highest BCUT2D eigenvalue weighted by molar-refractivity contribution is 5.90. The van der Waals surface area contributed by atoms with E-state index in [9.17, 15) is 24.9 Å². The highest BCUT2D eigenvalue weighted by atomic mass is 17.2. The number of aliphatic carboxylic acids is 1. The van der Waals surface area contributed by atoms with Crippen molar-refractivity contribution in [1.29, 1.82) is 0 Å². The normalized spacial score (nSPS) is 24.4. The Balaban J connectivity index is 1.20. The van der Waals surface area contributed by atoms with Crippen LogP contribution in [0.5, 0.6) is 34.5 Å². The number of hydrogen-bond donors (Lipinski definition) is 5. The molecule has 3 aromatic carbocycles. The van der Waals surface area contributed by atoms with Crippen LogP contribution >= 0.6 is 0 Å². The first-order valence-corrected chi connectivity index (χ1v) is 18.7. The number of nitrogens with two attached hydrogens (primary N) is 1. The molecule has 0 amide bonds. The summed E-state index contributed by atoms with van der Waals surface area (Å²) in [6.45, 7) is 6.19. The number of aryl methyl sites for hydroxylation is 1. The number of carbonyl (C=O) groups excluding carboxylic acids is 1. The zero-order valence-electron chi connectivity index (χ0n) is 31.3. The van der Waals surface area contributed by atoms with Crippen LogP contribution in [0.1, 0.15) is 72.6 Å². The van der Waals surface area contributed by atoms with Crippen LogP contribution in [-0.4, -0.2) is 96.2 Å². The molecule has 7 atom stereocenters. The second kappa shape index (κ2) is 16.7. The third-order valence-corrected chi connectivity index (χ3v) is 10.1. The van der Waals surface area contributed by atoms with Gasteiger partial charge in [-0.3, -0.25) is 9.59 Å². The number of esters is 1. The summed E-state index contributed by atoms with van der Waals surface area (Å²) in [5.41, 5.74) is 10.6. The molecule has 7 rings (SSSR count). The summed E-state index contributed by atoms with van der Waals surface area (Å²) >= 11 is 0. The number of fused-ring (bicyclic) bond motifs is 6. The Bertz CT molecular complexity index is 1930. The Hall–Kier alpha value is -4.84. The van der Waals surface area contributed by atoms with Gasteiger partial charge >= 0.3 is 11.9 Å². The number of rotatable bonds is 15. The third kappa shape index (κ3) is 8.17. The molecule has 7 unspecified atom stereocenters. The van der Waals surface area contributed by atoms with E-state index < -0.39 is 61.8 Å². The van der Waals surface area contributed by atoms with E-state index in [1.165, 1.54) is 0 Å². The van der Waals surface area contributed by atoms with E-state index in [0.717, 1.165) is 28.0 Å². The molecule has 16 heteroatoms. The maximum absolute atomic E-state index is 11.9. The number of carboxylic acid groups (broad SMARTS) is 1. The number of carboxylic acids is 1. The Morgan fingerprint density at radius 2 is 1.77 bits per heavy atom. The monoisotopic (exact) mass is 781 g/mol. The van der Waals surface area contributed by atoms with Gasteiger partial charge in [-0.25, -0.2) is 0 Å². The number of ether oxygens (including phenoxy) is 7. The zero-order chi connectivity index (χ0) is 39.7. The molecular formula is C40H47NO15. The van der Waals surface area contributed by atoms with Crippen molar-refractivity contribution in [2.75, 3.05) is 33.2 Å². The predicted octanol–water partition coefficient (Wildman–Crippen LogP) is 3.20. The summed E-state index contributed by atoms with van der Waals surface area (Å²) < 4.78 is 41.4. The Labute approximate surface area is 322 Å². The van der Waals surface area contributed by atoms with Gasteiger partial charge in [-0.1, -0.05) is 26.8 Å². The number of hydrogen-bond acceptors (Lipinski definition) is 15. The molecule has 0 spiro atoms. The van der Waals surface area contributed by atoms with Gasteiger partial charge in [-0.05, 0) is 60.2 Å². The molecule has 0 aliphatic carbocycles. The van der Waals surface area contributed by atoms with Crippen molar-refractivity contribution < 1.29 is 72.9 Å². The lowest BCUT2D eigenvalue weighted by atomic mass is 9.86. The number of aliphatic hydroxyl groups is 2. The molecule has 0 radical (unpaired) electrons. The first-order valence-electron chi connectivity index (χ1n) is 18.7. The van der Waals surface area contributed by atoms with Crippen molar-refractivity contribution >= 4 is 11.9 Å². The van der Waals surface area contributed by atoms with Gasteiger partial charge in [0.15, 0.2) is 29.6 Å². The van der Waals surface area contributed by atoms with Gasteiger partial charge in [-0.2, -0.15) is 4.89 Å². The molecule has 6 N–H and O–H groups in total. The van der Waals surface area contributed by atoms with E-state index in [-0.39, 0.29) is 43.8 Å². The maximum Gasteiger partial charge on any atom is 0.317 e. The fourth-order valence-electron chi connectivity index (χ4n) is 7.50. The van der Waals surface area contributed by atoms with Crippen molar-refractivity contribution in [2.45, 2.75) is 89.2 Å². The van der Waals surface area contributed by atoms with Crippen molar-refractivity contribution in [3.05, 3.63) is 69.8 Å². The summed E-state index contributed by atoms with van der Waals surface area (Å²) in [4.78, 5) is 34.7. The molecule has 56 heavy (non-hydrogen) atoms. The lowest BCUT2D eigenvalue weighted by Crippen LogP contribution is -2.60. The van der Waals surface area contributed by atoms with Gasteiger partial charge in [0.05, 0.1) is 19.1 Å². The van der Waals surface area contributed by atoms with Crippen LogP contribution in [0.4, 0.5) is 0 Å². The quantitative estimate of drug-likeness (QED) is 0.0646. The molecule has 302 valence electrons. The Kier molecular flexibility index (Phi) is 11.8. The molecule has 4 aliphatic rings. The lowest BCUT2D eigenvalue weighted by molar-refractivity contribution is -0.372. The molecule has 3 aromatic rings. The summed E-state index contributed by atoms with van der Waals surface area (Å²) in [7, 11) is 0. The average Bonchev–Trinajstić information content (AvgIpc) is 3.79. The first kappa shape index (κ1) is 39.4. The molecule has 1 saturated heterocycles. The van der Waals surface area contributed by atoms with Gasteiger partial charge in [0.1, 0.15) is 54.7 Å². The fourth-order valence-corrected chi connectivity index (χ4v) is 7.50. The molecule has 0 saturated carbocycles. The number of phenolic OH excluding ortho intramolecular Hbond substituents is 1. The van der Waals surface area contributed by atoms with Crippen LogP contribution in [0, 0.1) is 5.92 Å². The Morgan fingerprint density at radius 1 is 0.964 bits per heavy atom. The minimum atomic E-state index is -1.68. The van der Waals surface area contributed by atoms with Crippen LogP contribution in [0.2, 0.25) is 0 Å². The van der Waals surface area contributed by atoms with Crippen LogP contribution in [0.3, 0.4) is 0 Å². The molecule has 0 bridgehead atoms. The van der Waals surface area contributed by atoms with Gasteiger partial charge in [0.2, 0.25) is 6.79 Å². The number of phenols is 1. The summed E-state index contributed by atoms with van der Waals surface area (Å²) in [6, 6.07) is 10.9. The van der Waals surface area contributed by atoms with Gasteiger partial charge in [0.25, 0.3) is 0 Å². The predicted molar refractivity (Wildman–Crippen MR) is 194 cm³/mol. The third-order valence-electron chi connectivity index (χ3n) is 10.1. The van der Waals surface area contributed by atoms with Crippen molar-refractivity contribution in [3.63, 3.8) is 0 Å². The lowest BCUT2D eigenvalue weighted by Gasteiger charge is -2.41. The van der Waals surface area contributed by atoms with Crippen LogP contribution in [-0.2, 0) is 47.9 Å². The topological polar surface area (TPSA) is 224 Å². The van der Waals surface area contributed by atoms with Crippen LogP contribution < -0.4 is 29.6 Å². The Morgan fingerprint density at radius 3 is 2.52 bits per heavy atom. The number of carbonyl (C=O) groups is 2. The van der Waals surface area contributed by atoms with Crippen molar-refractivity contribution in [3.8, 4) is 34.5 Å². The molecule has 16 nitrogen and oxygen atoms in total. The fraction of sp³-hybridized carbons (Fsp3) is 0.500. The highest BCUT2D eigenvalue weighted by Gasteiger charge is 2.48. The van der Waals surface area contributed by atoms with Gasteiger partial charge in [-0.15, -0.1) is 0 Å². The van der Waals surface area contributed by atoms with Gasteiger partial charge < -0.3 is 64.2 Å². The summed E-state index contributed by atoms with van der Waals surface area (Å²) in [5.74, 6) is 0.699. The molecule has 1 fully saturated rings. The number of benzene rings is 3. The summed E-state index contributed by atoms with van der Waals surface area (Å²) in [5, 5.41) is 41.6. The zero-order valence-corrected chi connectivity index (χ0v) is 31.3. The van der Waals surface area contributed by atoms with Crippen LogP contribution in [0.15, 0.2) is 36.4 Å². The SMILES string of the molecule is CCc1cc(O)cc(Cc2cc3c(cc2OOC2C(OCCN)OC(COC(=O)CC(=O)O)C(O)C2O)C2Oc4c(cc5c(c4CC(C)C)OCO5)C2CO3)c1. The van der Waals surface area contributed by atoms with Crippen LogP contribution in [0.25, 0.3) is 0 Å². The summed E-state index contributed by atoms with van der Waals surface area (Å²) in [6.07, 6.45) is -7.09. The minimum Gasteiger partial charge on any atom is -0.508 e. The second-order valence-electron chi connectivity index (χ2n) is 14.7. The molecule has 4 aliphatic heterocycles. The highest BCUT2D eigenvalue weighted by Crippen LogP contribution is 2.57.